The summed E-state index contributed by atoms with van der Waals surface area (Å²) < 4.78 is 6.18. The summed E-state index contributed by atoms with van der Waals surface area (Å²) in [7, 11) is 1.73. The predicted octanol–water partition coefficient (Wildman–Crippen LogP) is 2.49. The van der Waals surface area contributed by atoms with Crippen molar-refractivity contribution >= 4 is 40.1 Å². The van der Waals surface area contributed by atoms with Crippen molar-refractivity contribution in [1.82, 2.24) is 20.2 Å². The van der Waals surface area contributed by atoms with Crippen molar-refractivity contribution in [3.05, 3.63) is 47.9 Å². The molecular formula is C22H24N8O. The monoisotopic (exact) mass is 416 g/mol. The Labute approximate surface area is 180 Å². The number of hydrogen-bond acceptors (Lipinski definition) is 9. The second kappa shape index (κ2) is 7.92. The van der Waals surface area contributed by atoms with Gasteiger partial charge in [-0.1, -0.05) is 6.92 Å². The molecule has 0 radical (unpaired) electrons. The third kappa shape index (κ3) is 3.46. The number of nitrogens with two attached hydrogens (primary N) is 1. The molecule has 2 aliphatic heterocycles. The van der Waals surface area contributed by atoms with E-state index in [1.165, 1.54) is 0 Å². The van der Waals surface area contributed by atoms with Crippen molar-refractivity contribution in [1.29, 1.82) is 0 Å². The molecule has 3 aromatic rings. The Morgan fingerprint density at radius 2 is 2.23 bits per heavy atom. The first kappa shape index (κ1) is 19.4. The summed E-state index contributed by atoms with van der Waals surface area (Å²) in [6.07, 6.45) is 6.95. The minimum atomic E-state index is -0.00498. The lowest BCUT2D eigenvalue weighted by atomic mass is 9.95. The zero-order chi connectivity index (χ0) is 21.4. The molecule has 0 amide bonds. The van der Waals surface area contributed by atoms with Crippen LogP contribution in [-0.2, 0) is 4.74 Å². The molecule has 158 valence electrons. The summed E-state index contributed by atoms with van der Waals surface area (Å²) in [5.74, 6) is 1.47. The van der Waals surface area contributed by atoms with Crippen molar-refractivity contribution < 1.29 is 4.74 Å². The van der Waals surface area contributed by atoms with E-state index in [1.54, 1.807) is 25.7 Å². The second-order valence-electron chi connectivity index (χ2n) is 7.74. The summed E-state index contributed by atoms with van der Waals surface area (Å²) in [5, 5.41) is 11.7. The van der Waals surface area contributed by atoms with Crippen LogP contribution in [0.15, 0.2) is 41.8 Å². The number of morpholine rings is 1. The van der Waals surface area contributed by atoms with Gasteiger partial charge < -0.3 is 20.7 Å². The molecule has 9 nitrogen and oxygen atoms in total. The highest BCUT2D eigenvalue weighted by molar-refractivity contribution is 6.14. The fraction of sp³-hybridized carbons (Fsp3) is 0.318. The van der Waals surface area contributed by atoms with Crippen molar-refractivity contribution in [3.63, 3.8) is 0 Å². The van der Waals surface area contributed by atoms with Crippen LogP contribution in [0, 0.1) is 0 Å². The molecule has 31 heavy (non-hydrogen) atoms. The van der Waals surface area contributed by atoms with E-state index in [-0.39, 0.29) is 12.0 Å². The summed E-state index contributed by atoms with van der Waals surface area (Å²) in [4.78, 5) is 16.1. The molecule has 5 rings (SSSR count). The number of nitrogens with zero attached hydrogens (tertiary/aromatic N) is 6. The lowest BCUT2D eigenvalue weighted by Gasteiger charge is -2.38. The molecule has 6 bridgehead atoms. The highest BCUT2D eigenvalue weighted by Crippen LogP contribution is 2.36. The summed E-state index contributed by atoms with van der Waals surface area (Å²) in [6.45, 7) is 4.24. The Bertz CT molecular complexity index is 1190. The zero-order valence-corrected chi connectivity index (χ0v) is 17.5. The van der Waals surface area contributed by atoms with E-state index in [0.717, 1.165) is 40.0 Å². The van der Waals surface area contributed by atoms with Crippen molar-refractivity contribution in [2.24, 2.45) is 10.7 Å². The standard InChI is InChI=1S/C22H24N8O/c1-13-14-7-20(29-26-10-14)27-19-4-3-17-21(28-19)22(30-5-6-31-18(13)12-30)16(11-25-17)15(8-23)9-24-2/h3-4,7-11,13,18H,5-6,12,23H2,1-2H3,(H,27,28,29). The number of pyridine rings is 2. The smallest absolute Gasteiger partial charge is 0.154 e. The SMILES string of the molecule is CN=CC(=CN)c1cnc2ccc3nc2c1N1CCOC(C1)C(C)c1cnnc(c1)N3. The van der Waals surface area contributed by atoms with Crippen molar-refractivity contribution in [2.45, 2.75) is 18.9 Å². The van der Waals surface area contributed by atoms with E-state index in [9.17, 15) is 0 Å². The second-order valence-corrected chi connectivity index (χ2v) is 7.74. The lowest BCUT2D eigenvalue weighted by molar-refractivity contribution is 0.0260. The maximum Gasteiger partial charge on any atom is 0.154 e. The van der Waals surface area contributed by atoms with Crippen LogP contribution in [-0.4, -0.2) is 59.2 Å². The van der Waals surface area contributed by atoms with E-state index in [1.807, 2.05) is 24.4 Å². The Kier molecular flexibility index (Phi) is 4.95. The summed E-state index contributed by atoms with van der Waals surface area (Å²) >= 11 is 0. The van der Waals surface area contributed by atoms with Gasteiger partial charge in [0.2, 0.25) is 0 Å². The first-order chi connectivity index (χ1) is 15.2. The molecule has 3 aromatic heterocycles. The maximum absolute atomic E-state index is 6.18. The molecule has 3 N–H and O–H groups in total. The molecule has 1 saturated heterocycles. The van der Waals surface area contributed by atoms with Crippen molar-refractivity contribution in [2.75, 3.05) is 37.0 Å². The molecular weight excluding hydrogens is 392 g/mol. The number of anilines is 3. The lowest BCUT2D eigenvalue weighted by Crippen LogP contribution is -2.45. The summed E-state index contributed by atoms with van der Waals surface area (Å²) in [6, 6.07) is 5.87. The molecule has 0 spiro atoms. The Morgan fingerprint density at radius 1 is 1.32 bits per heavy atom. The first-order valence-electron chi connectivity index (χ1n) is 10.3. The van der Waals surface area contributed by atoms with Gasteiger partial charge in [-0.25, -0.2) is 4.98 Å². The molecule has 0 saturated carbocycles. The van der Waals surface area contributed by atoms with Gasteiger partial charge in [0.1, 0.15) is 11.3 Å². The molecule has 0 aliphatic carbocycles. The van der Waals surface area contributed by atoms with Crippen molar-refractivity contribution in [3.8, 4) is 0 Å². The largest absolute Gasteiger partial charge is 0.404 e. The van der Waals surface area contributed by atoms with Crippen LogP contribution < -0.4 is 16.0 Å². The third-order valence-electron chi connectivity index (χ3n) is 5.87. The maximum atomic E-state index is 6.18. The van der Waals surface area contributed by atoms with E-state index in [2.05, 4.69) is 37.3 Å². The highest BCUT2D eigenvalue weighted by Gasteiger charge is 2.30. The number of fused-ring (bicyclic) bond motifs is 6. The van der Waals surface area contributed by atoms with Crippen LogP contribution in [0.3, 0.4) is 0 Å². The van der Waals surface area contributed by atoms with Gasteiger partial charge in [0, 0.05) is 55.8 Å². The molecule has 5 heterocycles. The van der Waals surface area contributed by atoms with Gasteiger partial charge in [0.25, 0.3) is 0 Å². The molecule has 1 fully saturated rings. The average Bonchev–Trinajstić information content (AvgIpc) is 2.81. The first-order valence-corrected chi connectivity index (χ1v) is 10.3. The zero-order valence-electron chi connectivity index (χ0n) is 17.5. The van der Waals surface area contributed by atoms with Crippen LogP contribution in [0.2, 0.25) is 0 Å². The van der Waals surface area contributed by atoms with Crippen LogP contribution in [0.25, 0.3) is 16.6 Å². The molecule has 0 aromatic carbocycles. The van der Waals surface area contributed by atoms with E-state index in [4.69, 9.17) is 15.5 Å². The molecule has 9 heteroatoms. The Morgan fingerprint density at radius 3 is 3.06 bits per heavy atom. The third-order valence-corrected chi connectivity index (χ3v) is 5.87. The average molecular weight is 416 g/mol. The highest BCUT2D eigenvalue weighted by atomic mass is 16.5. The molecule has 2 unspecified atom stereocenters. The van der Waals surface area contributed by atoms with Gasteiger partial charge in [-0.3, -0.25) is 9.98 Å². The Hall–Kier alpha value is -3.59. The van der Waals surface area contributed by atoms with Crippen LogP contribution >= 0.6 is 0 Å². The number of nitrogens with one attached hydrogen (secondary N) is 1. The summed E-state index contributed by atoms with van der Waals surface area (Å²) in [5.41, 5.74) is 11.3. The number of ether oxygens (including phenoxy) is 1. The molecule has 2 atom stereocenters. The van der Waals surface area contributed by atoms with E-state index < -0.39 is 0 Å². The van der Waals surface area contributed by atoms with Gasteiger partial charge in [-0.05, 0) is 23.8 Å². The normalized spacial score (nSPS) is 21.1. The minimum absolute atomic E-state index is 0.00498. The number of allylic oxidation sites excluding steroid dienone is 1. The number of aliphatic imine (C=N–C) groups is 1. The van der Waals surface area contributed by atoms with Gasteiger partial charge in [-0.15, -0.1) is 5.10 Å². The van der Waals surface area contributed by atoms with Gasteiger partial charge in [0.15, 0.2) is 5.82 Å². The number of rotatable bonds is 2. The van der Waals surface area contributed by atoms with E-state index >= 15 is 0 Å². The van der Waals surface area contributed by atoms with Crippen LogP contribution in [0.4, 0.5) is 17.3 Å². The van der Waals surface area contributed by atoms with Gasteiger partial charge in [-0.2, -0.15) is 5.10 Å². The van der Waals surface area contributed by atoms with Crippen LogP contribution in [0.5, 0.6) is 0 Å². The number of aromatic nitrogens is 4. The van der Waals surface area contributed by atoms with Gasteiger partial charge >= 0.3 is 0 Å². The number of hydrogen-bond donors (Lipinski definition) is 2. The fourth-order valence-electron chi connectivity index (χ4n) is 4.21. The molecule has 2 aliphatic rings. The minimum Gasteiger partial charge on any atom is -0.404 e. The Balaban J connectivity index is 1.77. The quantitative estimate of drug-likeness (QED) is 0.613. The van der Waals surface area contributed by atoms with E-state index in [0.29, 0.717) is 24.8 Å². The fourth-order valence-corrected chi connectivity index (χ4v) is 4.21. The topological polar surface area (TPSA) is 114 Å². The van der Waals surface area contributed by atoms with Crippen LogP contribution in [0.1, 0.15) is 24.0 Å². The predicted molar refractivity (Wildman–Crippen MR) is 122 cm³/mol. The van der Waals surface area contributed by atoms with Gasteiger partial charge in [0.05, 0.1) is 30.1 Å².